The number of sulfone groups is 1. The minimum atomic E-state index is -4.05. The van der Waals surface area contributed by atoms with Crippen LogP contribution in [-0.4, -0.2) is 31.2 Å². The van der Waals surface area contributed by atoms with Gasteiger partial charge in [-0.3, -0.25) is 0 Å². The second kappa shape index (κ2) is 8.35. The standard InChI is InChI=1S/C25H19FN4O3S/c1-15-3-5-16(6-4-15)22-20-13-19(33-2)11-12-21(20)34(31,32)25-23(30-22)24(27-14-28-25)29-18-9-7-17(26)8-10-18/h3-14H,1-2H3,(H,27,28,29). The van der Waals surface area contributed by atoms with E-state index in [9.17, 15) is 12.8 Å². The highest BCUT2D eigenvalue weighted by Gasteiger charge is 2.33. The molecular formula is C25H19FN4O3S. The molecule has 0 aliphatic carbocycles. The molecule has 7 nitrogen and oxygen atoms in total. The maximum atomic E-state index is 13.7. The molecule has 170 valence electrons. The monoisotopic (exact) mass is 474 g/mol. The van der Waals surface area contributed by atoms with Crippen LogP contribution in [-0.2, 0) is 9.84 Å². The first-order valence-corrected chi connectivity index (χ1v) is 11.8. The second-order valence-electron chi connectivity index (χ2n) is 7.70. The Morgan fingerprint density at radius 2 is 1.68 bits per heavy atom. The summed E-state index contributed by atoms with van der Waals surface area (Å²) in [5, 5.41) is 2.82. The van der Waals surface area contributed by atoms with E-state index < -0.39 is 15.7 Å². The number of aryl methyl sites for hydroxylation is 1. The number of nitrogens with zero attached hydrogens (tertiary/aromatic N) is 3. The number of aliphatic imine (C=N–C) groups is 1. The summed E-state index contributed by atoms with van der Waals surface area (Å²) in [7, 11) is -2.54. The van der Waals surface area contributed by atoms with Crippen LogP contribution < -0.4 is 10.1 Å². The summed E-state index contributed by atoms with van der Waals surface area (Å²) in [6.45, 7) is 1.97. The molecule has 0 saturated heterocycles. The van der Waals surface area contributed by atoms with Crippen molar-refractivity contribution in [2.24, 2.45) is 4.99 Å². The van der Waals surface area contributed by atoms with Crippen molar-refractivity contribution in [1.29, 1.82) is 0 Å². The first kappa shape index (κ1) is 21.7. The van der Waals surface area contributed by atoms with E-state index in [1.807, 2.05) is 31.2 Å². The number of rotatable bonds is 4. The molecule has 0 unspecified atom stereocenters. The highest BCUT2D eigenvalue weighted by molar-refractivity contribution is 7.91. The van der Waals surface area contributed by atoms with Crippen LogP contribution in [0.4, 0.5) is 21.6 Å². The van der Waals surface area contributed by atoms with Crippen LogP contribution in [0.2, 0.25) is 0 Å². The molecule has 1 N–H and O–H groups in total. The molecule has 0 radical (unpaired) electrons. The number of ether oxygens (including phenoxy) is 1. The Bertz CT molecular complexity index is 1530. The number of methoxy groups -OCH3 is 1. The third kappa shape index (κ3) is 3.80. The normalized spacial score (nSPS) is 13.8. The van der Waals surface area contributed by atoms with E-state index in [4.69, 9.17) is 9.73 Å². The predicted molar refractivity (Wildman–Crippen MR) is 127 cm³/mol. The number of benzene rings is 3. The van der Waals surface area contributed by atoms with Gasteiger partial charge in [-0.25, -0.2) is 27.8 Å². The zero-order valence-corrected chi connectivity index (χ0v) is 19.1. The minimum absolute atomic E-state index is 0.0672. The lowest BCUT2D eigenvalue weighted by Crippen LogP contribution is -2.10. The fourth-order valence-electron chi connectivity index (χ4n) is 3.68. The maximum absolute atomic E-state index is 13.7. The largest absolute Gasteiger partial charge is 0.497 e. The molecule has 1 aromatic heterocycles. The molecule has 34 heavy (non-hydrogen) atoms. The molecule has 3 aromatic carbocycles. The van der Waals surface area contributed by atoms with Crippen molar-refractivity contribution >= 4 is 32.7 Å². The Morgan fingerprint density at radius 3 is 2.38 bits per heavy atom. The Hall–Kier alpha value is -4.11. The van der Waals surface area contributed by atoms with Gasteiger partial charge in [-0.05, 0) is 49.4 Å². The van der Waals surface area contributed by atoms with Crippen LogP contribution in [0.15, 0.2) is 88.0 Å². The van der Waals surface area contributed by atoms with Crippen LogP contribution in [0.5, 0.6) is 5.75 Å². The summed E-state index contributed by atoms with van der Waals surface area (Å²) in [5.74, 6) is 0.291. The third-order valence-corrected chi connectivity index (χ3v) is 7.17. The van der Waals surface area contributed by atoms with E-state index in [-0.39, 0.29) is 21.4 Å². The zero-order valence-electron chi connectivity index (χ0n) is 18.3. The quantitative estimate of drug-likeness (QED) is 0.369. The summed E-state index contributed by atoms with van der Waals surface area (Å²) >= 11 is 0. The van der Waals surface area contributed by atoms with E-state index in [2.05, 4.69) is 15.3 Å². The lowest BCUT2D eigenvalue weighted by Gasteiger charge is -2.11. The average molecular weight is 475 g/mol. The van der Waals surface area contributed by atoms with Crippen LogP contribution >= 0.6 is 0 Å². The molecular weight excluding hydrogens is 455 g/mol. The van der Waals surface area contributed by atoms with Crippen molar-refractivity contribution in [2.45, 2.75) is 16.8 Å². The first-order chi connectivity index (χ1) is 16.4. The van der Waals surface area contributed by atoms with E-state index >= 15 is 0 Å². The average Bonchev–Trinajstić information content (AvgIpc) is 2.94. The summed E-state index contributed by atoms with van der Waals surface area (Å²) < 4.78 is 46.2. The molecule has 9 heteroatoms. The number of hydrogen-bond donors (Lipinski definition) is 1. The second-order valence-corrected chi connectivity index (χ2v) is 9.53. The Kier molecular flexibility index (Phi) is 5.33. The fourth-order valence-corrected chi connectivity index (χ4v) is 5.17. The first-order valence-electron chi connectivity index (χ1n) is 10.3. The Balaban J connectivity index is 1.79. The van der Waals surface area contributed by atoms with Gasteiger partial charge in [0, 0.05) is 16.8 Å². The highest BCUT2D eigenvalue weighted by Crippen LogP contribution is 2.40. The number of hydrogen-bond acceptors (Lipinski definition) is 7. The Morgan fingerprint density at radius 1 is 0.941 bits per heavy atom. The van der Waals surface area contributed by atoms with Crippen LogP contribution in [0, 0.1) is 12.7 Å². The summed E-state index contributed by atoms with van der Waals surface area (Å²) in [5.41, 5.74) is 3.20. The molecule has 0 bridgehead atoms. The van der Waals surface area contributed by atoms with Gasteiger partial charge in [-0.1, -0.05) is 29.8 Å². The van der Waals surface area contributed by atoms with Gasteiger partial charge in [0.05, 0.1) is 17.7 Å². The molecule has 1 aliphatic heterocycles. The zero-order chi connectivity index (χ0) is 23.9. The molecule has 5 rings (SSSR count). The fraction of sp³-hybridized carbons (Fsp3) is 0.0800. The maximum Gasteiger partial charge on any atom is 0.226 e. The van der Waals surface area contributed by atoms with E-state index in [1.165, 1.54) is 37.4 Å². The van der Waals surface area contributed by atoms with Crippen molar-refractivity contribution in [3.8, 4) is 5.75 Å². The lowest BCUT2D eigenvalue weighted by molar-refractivity contribution is 0.414. The highest BCUT2D eigenvalue weighted by atomic mass is 32.2. The van der Waals surface area contributed by atoms with E-state index in [0.717, 1.165) is 17.5 Å². The number of nitrogens with one attached hydrogen (secondary N) is 1. The van der Waals surface area contributed by atoms with Gasteiger partial charge in [0.15, 0.2) is 10.8 Å². The van der Waals surface area contributed by atoms with Gasteiger partial charge in [-0.2, -0.15) is 0 Å². The van der Waals surface area contributed by atoms with Gasteiger partial charge in [0.1, 0.15) is 23.6 Å². The van der Waals surface area contributed by atoms with Crippen molar-refractivity contribution in [3.63, 3.8) is 0 Å². The molecule has 0 spiro atoms. The van der Waals surface area contributed by atoms with Crippen molar-refractivity contribution in [3.05, 3.63) is 95.6 Å². The van der Waals surface area contributed by atoms with Crippen molar-refractivity contribution in [2.75, 3.05) is 12.4 Å². The number of fused-ring (bicyclic) bond motifs is 2. The predicted octanol–water partition coefficient (Wildman–Crippen LogP) is 4.99. The van der Waals surface area contributed by atoms with Gasteiger partial charge in [-0.15, -0.1) is 0 Å². The number of halogens is 1. The smallest absolute Gasteiger partial charge is 0.226 e. The Labute approximate surface area is 195 Å². The van der Waals surface area contributed by atoms with Gasteiger partial charge in [0.2, 0.25) is 9.84 Å². The summed E-state index contributed by atoms with van der Waals surface area (Å²) in [6, 6.07) is 18.0. The van der Waals surface area contributed by atoms with E-state index in [0.29, 0.717) is 22.7 Å². The van der Waals surface area contributed by atoms with Crippen molar-refractivity contribution in [1.82, 2.24) is 9.97 Å². The summed E-state index contributed by atoms with van der Waals surface area (Å²) in [6.07, 6.45) is 1.16. The van der Waals surface area contributed by atoms with Gasteiger partial charge < -0.3 is 10.1 Å². The number of aromatic nitrogens is 2. The van der Waals surface area contributed by atoms with Gasteiger partial charge in [0.25, 0.3) is 0 Å². The SMILES string of the molecule is COc1ccc2c(c1)C(c1ccc(C)cc1)=Nc1c(Nc3ccc(F)cc3)ncnc1S2(=O)=O. The molecule has 0 fully saturated rings. The van der Waals surface area contributed by atoms with Crippen LogP contribution in [0.25, 0.3) is 0 Å². The van der Waals surface area contributed by atoms with Gasteiger partial charge >= 0.3 is 0 Å². The van der Waals surface area contributed by atoms with Crippen LogP contribution in [0.3, 0.4) is 0 Å². The lowest BCUT2D eigenvalue weighted by atomic mass is 10.0. The molecule has 4 aromatic rings. The number of anilines is 2. The minimum Gasteiger partial charge on any atom is -0.497 e. The van der Waals surface area contributed by atoms with E-state index in [1.54, 1.807) is 12.1 Å². The molecule has 1 aliphatic rings. The third-order valence-electron chi connectivity index (χ3n) is 5.43. The summed E-state index contributed by atoms with van der Waals surface area (Å²) in [4.78, 5) is 13.2. The molecule has 0 amide bonds. The van der Waals surface area contributed by atoms with Crippen molar-refractivity contribution < 1.29 is 17.5 Å². The molecule has 0 saturated carbocycles. The molecule has 0 atom stereocenters. The van der Waals surface area contributed by atoms with Crippen LogP contribution in [0.1, 0.15) is 16.7 Å². The molecule has 2 heterocycles. The topological polar surface area (TPSA) is 93.5 Å².